The van der Waals surface area contributed by atoms with Crippen molar-refractivity contribution in [3.8, 4) is 0 Å². The average Bonchev–Trinajstić information content (AvgIpc) is 2.30. The second-order valence-corrected chi connectivity index (χ2v) is 4.64. The van der Waals surface area contributed by atoms with Gasteiger partial charge in [0.05, 0.1) is 12.6 Å². The van der Waals surface area contributed by atoms with Crippen molar-refractivity contribution in [1.29, 1.82) is 0 Å². The molecule has 0 aliphatic heterocycles. The third-order valence-corrected chi connectivity index (χ3v) is 3.10. The first-order chi connectivity index (χ1) is 7.97. The first-order valence-electron chi connectivity index (χ1n) is 4.98. The van der Waals surface area contributed by atoms with E-state index in [1.807, 2.05) is 0 Å². The molecule has 94 valence electrons. The standard InChI is InChI=1S/C11H12BrClFNO2/c1-2-17-11(16)9(14)10(15)7-5-6(13)3-4-8(7)12/h3-5,9-10H,2,15H2,1H3/t9?,10-/m1/s1. The van der Waals surface area contributed by atoms with E-state index in [4.69, 9.17) is 17.3 Å². The summed E-state index contributed by atoms with van der Waals surface area (Å²) in [6.07, 6.45) is -1.91. The van der Waals surface area contributed by atoms with Crippen molar-refractivity contribution in [2.45, 2.75) is 19.1 Å². The van der Waals surface area contributed by atoms with Gasteiger partial charge in [-0.25, -0.2) is 9.18 Å². The molecule has 1 unspecified atom stereocenters. The van der Waals surface area contributed by atoms with E-state index in [1.54, 1.807) is 19.1 Å². The molecule has 3 nitrogen and oxygen atoms in total. The third kappa shape index (κ3) is 3.66. The molecule has 1 aromatic rings. The van der Waals surface area contributed by atoms with Crippen LogP contribution in [0.3, 0.4) is 0 Å². The monoisotopic (exact) mass is 323 g/mol. The lowest BCUT2D eigenvalue weighted by Gasteiger charge is -2.17. The van der Waals surface area contributed by atoms with Gasteiger partial charge < -0.3 is 10.5 Å². The number of nitrogens with two attached hydrogens (primary N) is 1. The second-order valence-electron chi connectivity index (χ2n) is 3.35. The Labute approximate surface area is 112 Å². The van der Waals surface area contributed by atoms with Crippen LogP contribution < -0.4 is 5.73 Å². The van der Waals surface area contributed by atoms with Crippen molar-refractivity contribution in [1.82, 2.24) is 0 Å². The van der Waals surface area contributed by atoms with Crippen LogP contribution in [0.4, 0.5) is 4.39 Å². The first kappa shape index (κ1) is 14.4. The van der Waals surface area contributed by atoms with Gasteiger partial charge in [0.25, 0.3) is 0 Å². The van der Waals surface area contributed by atoms with E-state index in [-0.39, 0.29) is 6.61 Å². The van der Waals surface area contributed by atoms with Gasteiger partial charge in [-0.15, -0.1) is 0 Å². The lowest BCUT2D eigenvalue weighted by molar-refractivity contribution is -0.149. The highest BCUT2D eigenvalue weighted by Gasteiger charge is 2.29. The highest BCUT2D eigenvalue weighted by Crippen LogP contribution is 2.28. The van der Waals surface area contributed by atoms with Gasteiger partial charge in [0.2, 0.25) is 6.17 Å². The summed E-state index contributed by atoms with van der Waals surface area (Å²) in [5.74, 6) is -0.966. The molecule has 2 N–H and O–H groups in total. The van der Waals surface area contributed by atoms with Gasteiger partial charge in [0.1, 0.15) is 0 Å². The van der Waals surface area contributed by atoms with Crippen LogP contribution in [-0.4, -0.2) is 18.7 Å². The number of benzene rings is 1. The number of ether oxygens (including phenoxy) is 1. The molecule has 0 aromatic heterocycles. The van der Waals surface area contributed by atoms with Crippen LogP contribution in [0, 0.1) is 0 Å². The molecule has 0 saturated heterocycles. The number of halogens is 3. The summed E-state index contributed by atoms with van der Waals surface area (Å²) in [5.41, 5.74) is 6.10. The normalized spacial score (nSPS) is 14.2. The van der Waals surface area contributed by atoms with Gasteiger partial charge >= 0.3 is 5.97 Å². The maximum absolute atomic E-state index is 13.7. The van der Waals surface area contributed by atoms with Crippen molar-refractivity contribution in [3.05, 3.63) is 33.3 Å². The average molecular weight is 325 g/mol. The Bertz CT molecular complexity index is 416. The van der Waals surface area contributed by atoms with Crippen LogP contribution in [-0.2, 0) is 9.53 Å². The number of hydrogen-bond acceptors (Lipinski definition) is 3. The molecular weight excluding hydrogens is 312 g/mol. The lowest BCUT2D eigenvalue weighted by Crippen LogP contribution is -2.31. The van der Waals surface area contributed by atoms with Crippen LogP contribution in [0.2, 0.25) is 5.02 Å². The molecule has 1 rings (SSSR count). The van der Waals surface area contributed by atoms with Crippen LogP contribution in [0.1, 0.15) is 18.5 Å². The summed E-state index contributed by atoms with van der Waals surface area (Å²) >= 11 is 9.02. The zero-order valence-corrected chi connectivity index (χ0v) is 11.5. The van der Waals surface area contributed by atoms with E-state index in [0.717, 1.165) is 0 Å². The number of rotatable bonds is 4. The Balaban J connectivity index is 2.91. The molecule has 2 atom stereocenters. The Morgan fingerprint density at radius 2 is 2.29 bits per heavy atom. The van der Waals surface area contributed by atoms with E-state index in [0.29, 0.717) is 15.1 Å². The van der Waals surface area contributed by atoms with Gasteiger partial charge in [-0.05, 0) is 30.7 Å². The molecule has 17 heavy (non-hydrogen) atoms. The van der Waals surface area contributed by atoms with Crippen molar-refractivity contribution in [3.63, 3.8) is 0 Å². The van der Waals surface area contributed by atoms with E-state index in [2.05, 4.69) is 20.7 Å². The predicted octanol–water partition coefficient (Wildman–Crippen LogP) is 3.00. The number of carbonyl (C=O) groups is 1. The molecule has 0 aliphatic rings. The minimum absolute atomic E-state index is 0.114. The number of hydrogen-bond donors (Lipinski definition) is 1. The molecule has 0 saturated carbocycles. The fraction of sp³-hybridized carbons (Fsp3) is 0.364. The van der Waals surface area contributed by atoms with Crippen LogP contribution in [0.15, 0.2) is 22.7 Å². The maximum Gasteiger partial charge on any atom is 0.342 e. The topological polar surface area (TPSA) is 52.3 Å². The summed E-state index contributed by atoms with van der Waals surface area (Å²) < 4.78 is 18.9. The van der Waals surface area contributed by atoms with Gasteiger partial charge in [-0.2, -0.15) is 0 Å². The molecule has 6 heteroatoms. The van der Waals surface area contributed by atoms with Crippen LogP contribution in [0.25, 0.3) is 0 Å². The maximum atomic E-state index is 13.7. The molecule has 0 heterocycles. The second kappa shape index (κ2) is 6.33. The third-order valence-electron chi connectivity index (χ3n) is 2.14. The van der Waals surface area contributed by atoms with Crippen LogP contribution in [0.5, 0.6) is 0 Å². The highest BCUT2D eigenvalue weighted by atomic mass is 79.9. The number of alkyl halides is 1. The van der Waals surface area contributed by atoms with Gasteiger partial charge in [-0.3, -0.25) is 0 Å². The Morgan fingerprint density at radius 1 is 1.65 bits per heavy atom. The van der Waals surface area contributed by atoms with Crippen molar-refractivity contribution < 1.29 is 13.9 Å². The molecule has 0 bridgehead atoms. The zero-order valence-electron chi connectivity index (χ0n) is 9.12. The van der Waals surface area contributed by atoms with Gasteiger partial charge in [0.15, 0.2) is 0 Å². The Kier molecular flexibility index (Phi) is 5.36. The Hall–Kier alpha value is -0.650. The largest absolute Gasteiger partial charge is 0.464 e. The van der Waals surface area contributed by atoms with Gasteiger partial charge in [-0.1, -0.05) is 27.5 Å². The van der Waals surface area contributed by atoms with Crippen molar-refractivity contribution in [2.75, 3.05) is 6.61 Å². The Morgan fingerprint density at radius 3 is 2.88 bits per heavy atom. The molecule has 1 aromatic carbocycles. The molecule has 0 fully saturated rings. The van der Waals surface area contributed by atoms with Gasteiger partial charge in [0, 0.05) is 9.50 Å². The minimum Gasteiger partial charge on any atom is -0.464 e. The highest BCUT2D eigenvalue weighted by molar-refractivity contribution is 9.10. The quantitative estimate of drug-likeness (QED) is 0.866. The predicted molar refractivity (Wildman–Crippen MR) is 67.6 cm³/mol. The summed E-state index contributed by atoms with van der Waals surface area (Å²) in [6.45, 7) is 1.72. The molecule has 0 radical (unpaired) electrons. The summed E-state index contributed by atoms with van der Waals surface area (Å²) in [6, 6.07) is 3.69. The summed E-state index contributed by atoms with van der Waals surface area (Å²) in [4.78, 5) is 11.2. The number of carbonyl (C=O) groups excluding carboxylic acids is 1. The van der Waals surface area contributed by atoms with E-state index < -0.39 is 18.2 Å². The molecular formula is C11H12BrClFNO2. The van der Waals surface area contributed by atoms with E-state index in [9.17, 15) is 9.18 Å². The first-order valence-corrected chi connectivity index (χ1v) is 6.15. The van der Waals surface area contributed by atoms with E-state index >= 15 is 0 Å². The summed E-state index contributed by atoms with van der Waals surface area (Å²) in [7, 11) is 0. The SMILES string of the molecule is CCOC(=O)C(F)[C@H](N)c1cc(Cl)ccc1Br. The fourth-order valence-electron chi connectivity index (χ4n) is 1.30. The van der Waals surface area contributed by atoms with Crippen molar-refractivity contribution in [2.24, 2.45) is 5.73 Å². The smallest absolute Gasteiger partial charge is 0.342 e. The van der Waals surface area contributed by atoms with Crippen molar-refractivity contribution >= 4 is 33.5 Å². The summed E-state index contributed by atoms with van der Waals surface area (Å²) in [5, 5.41) is 0.426. The van der Waals surface area contributed by atoms with Crippen LogP contribution >= 0.6 is 27.5 Å². The minimum atomic E-state index is -1.91. The molecule has 0 amide bonds. The number of esters is 1. The van der Waals surface area contributed by atoms with E-state index in [1.165, 1.54) is 6.07 Å². The fourth-order valence-corrected chi connectivity index (χ4v) is 1.99. The molecule has 0 spiro atoms. The molecule has 0 aliphatic carbocycles. The lowest BCUT2D eigenvalue weighted by atomic mass is 10.0. The zero-order chi connectivity index (χ0) is 13.0.